The van der Waals surface area contributed by atoms with Gasteiger partial charge in [-0.3, -0.25) is 0 Å². The minimum atomic E-state index is -4.48. The summed E-state index contributed by atoms with van der Waals surface area (Å²) in [5.41, 5.74) is -0.417. The average molecular weight is 244 g/mol. The second-order valence-corrected chi connectivity index (χ2v) is 4.63. The van der Waals surface area contributed by atoms with E-state index in [1.54, 1.807) is 51.1 Å². The number of allylic oxidation sites excluding steroid dienone is 1. The lowest BCUT2D eigenvalue weighted by molar-refractivity contribution is -0.148. The molecule has 1 aromatic rings. The van der Waals surface area contributed by atoms with Crippen LogP contribution in [0.1, 0.15) is 26.3 Å². The molecule has 94 valence electrons. The van der Waals surface area contributed by atoms with E-state index in [9.17, 15) is 13.2 Å². The molecule has 0 atom stereocenters. The monoisotopic (exact) mass is 244 g/mol. The normalized spacial score (nSPS) is 13.6. The Hall–Kier alpha value is -1.45. The Balaban J connectivity index is 3.04. The number of alkyl halides is 3. The zero-order valence-electron chi connectivity index (χ0n) is 10.0. The lowest BCUT2D eigenvalue weighted by atomic mass is 10.1. The van der Waals surface area contributed by atoms with E-state index in [0.29, 0.717) is 5.56 Å². The van der Waals surface area contributed by atoms with Crippen LogP contribution in [-0.2, 0) is 4.74 Å². The van der Waals surface area contributed by atoms with E-state index < -0.39 is 17.5 Å². The minimum absolute atomic E-state index is 0.462. The molecule has 0 aliphatic carbocycles. The predicted octanol–water partition coefficient (Wildman–Crippen LogP) is 4.40. The fourth-order valence-corrected chi connectivity index (χ4v) is 1.20. The summed E-state index contributed by atoms with van der Waals surface area (Å²) >= 11 is 0. The van der Waals surface area contributed by atoms with Crippen molar-refractivity contribution in [2.45, 2.75) is 32.5 Å². The summed E-state index contributed by atoms with van der Waals surface area (Å²) in [5, 5.41) is 0. The van der Waals surface area contributed by atoms with Gasteiger partial charge in [0, 0.05) is 0 Å². The molecule has 0 N–H and O–H groups in total. The zero-order chi connectivity index (χ0) is 13.1. The maximum atomic E-state index is 12.7. The summed E-state index contributed by atoms with van der Waals surface area (Å²) in [5.74, 6) is -0.976. The highest BCUT2D eigenvalue weighted by molar-refractivity contribution is 5.52. The molecular formula is C13H15F3O. The Morgan fingerprint density at radius 2 is 1.59 bits per heavy atom. The van der Waals surface area contributed by atoms with Gasteiger partial charge in [-0.2, -0.15) is 13.2 Å². The van der Waals surface area contributed by atoms with Gasteiger partial charge in [0.1, 0.15) is 5.60 Å². The summed E-state index contributed by atoms with van der Waals surface area (Å²) in [6.07, 6.45) is -3.48. The summed E-state index contributed by atoms with van der Waals surface area (Å²) in [7, 11) is 0. The summed E-state index contributed by atoms with van der Waals surface area (Å²) in [6, 6.07) is 8.29. The smallest absolute Gasteiger partial charge is 0.448 e. The van der Waals surface area contributed by atoms with E-state index >= 15 is 0 Å². The highest BCUT2D eigenvalue weighted by Gasteiger charge is 2.38. The molecule has 0 amide bonds. The first-order chi connectivity index (χ1) is 7.68. The van der Waals surface area contributed by atoms with Gasteiger partial charge in [0.05, 0.1) is 0 Å². The third-order valence-electron chi connectivity index (χ3n) is 1.79. The van der Waals surface area contributed by atoms with Gasteiger partial charge in [-0.1, -0.05) is 30.3 Å². The molecule has 0 fully saturated rings. The first-order valence-electron chi connectivity index (χ1n) is 5.21. The van der Waals surface area contributed by atoms with Gasteiger partial charge in [0.25, 0.3) is 0 Å². The minimum Gasteiger partial charge on any atom is -0.483 e. The molecule has 1 aromatic carbocycles. The Labute approximate surface area is 98.9 Å². The summed E-state index contributed by atoms with van der Waals surface area (Å²) in [6.45, 7) is 4.74. The molecule has 0 unspecified atom stereocenters. The molecule has 0 bridgehead atoms. The molecule has 0 radical (unpaired) electrons. The first-order valence-corrected chi connectivity index (χ1v) is 5.21. The van der Waals surface area contributed by atoms with E-state index in [0.717, 1.165) is 6.08 Å². The van der Waals surface area contributed by atoms with E-state index in [2.05, 4.69) is 0 Å². The van der Waals surface area contributed by atoms with Crippen molar-refractivity contribution < 1.29 is 17.9 Å². The molecule has 1 nitrogen and oxygen atoms in total. The van der Waals surface area contributed by atoms with Crippen molar-refractivity contribution in [1.29, 1.82) is 0 Å². The largest absolute Gasteiger partial charge is 0.483 e. The fourth-order valence-electron chi connectivity index (χ4n) is 1.20. The Bertz CT molecular complexity index is 385. The second kappa shape index (κ2) is 4.82. The van der Waals surface area contributed by atoms with Gasteiger partial charge in [0.15, 0.2) is 0 Å². The Morgan fingerprint density at radius 3 is 2.00 bits per heavy atom. The van der Waals surface area contributed by atoms with Gasteiger partial charge >= 0.3 is 6.18 Å². The van der Waals surface area contributed by atoms with Crippen LogP contribution in [0.15, 0.2) is 36.1 Å². The lowest BCUT2D eigenvalue weighted by Crippen LogP contribution is -2.25. The van der Waals surface area contributed by atoms with Crippen molar-refractivity contribution in [1.82, 2.24) is 0 Å². The molecule has 4 heteroatoms. The second-order valence-electron chi connectivity index (χ2n) is 4.63. The molecule has 0 heterocycles. The zero-order valence-corrected chi connectivity index (χ0v) is 10.0. The van der Waals surface area contributed by atoms with Crippen molar-refractivity contribution in [2.75, 3.05) is 0 Å². The number of ether oxygens (including phenoxy) is 1. The third-order valence-corrected chi connectivity index (χ3v) is 1.79. The van der Waals surface area contributed by atoms with Gasteiger partial charge in [-0.05, 0) is 32.4 Å². The average Bonchev–Trinajstić information content (AvgIpc) is 2.15. The number of rotatable bonds is 2. The van der Waals surface area contributed by atoms with E-state index in [-0.39, 0.29) is 0 Å². The molecule has 0 saturated heterocycles. The third kappa shape index (κ3) is 4.93. The molecular weight excluding hydrogens is 229 g/mol. The van der Waals surface area contributed by atoms with E-state index in [1.165, 1.54) is 0 Å². The van der Waals surface area contributed by atoms with E-state index in [4.69, 9.17) is 4.74 Å². The van der Waals surface area contributed by atoms with Crippen LogP contribution < -0.4 is 0 Å². The molecule has 0 saturated carbocycles. The quantitative estimate of drug-likeness (QED) is 0.700. The highest BCUT2D eigenvalue weighted by Crippen LogP contribution is 2.31. The van der Waals surface area contributed by atoms with Crippen LogP contribution in [-0.4, -0.2) is 11.8 Å². The van der Waals surface area contributed by atoms with Crippen molar-refractivity contribution in [2.24, 2.45) is 0 Å². The van der Waals surface area contributed by atoms with Gasteiger partial charge in [-0.25, -0.2) is 0 Å². The molecule has 0 aliphatic rings. The van der Waals surface area contributed by atoms with Crippen molar-refractivity contribution in [3.05, 3.63) is 41.7 Å². The first kappa shape index (κ1) is 13.6. The molecule has 0 aliphatic heterocycles. The summed E-state index contributed by atoms with van der Waals surface area (Å²) < 4.78 is 43.2. The Morgan fingerprint density at radius 1 is 1.06 bits per heavy atom. The highest BCUT2D eigenvalue weighted by atomic mass is 19.4. The maximum absolute atomic E-state index is 12.7. The summed E-state index contributed by atoms with van der Waals surface area (Å²) in [4.78, 5) is 0. The van der Waals surface area contributed by atoms with Crippen LogP contribution in [0.25, 0.3) is 6.08 Å². The predicted molar refractivity (Wildman–Crippen MR) is 61.3 cm³/mol. The molecule has 0 spiro atoms. The fraction of sp³-hybridized carbons (Fsp3) is 0.385. The standard InChI is InChI=1S/C13H15F3O/c1-12(2,3)17-11(13(14,15)16)9-10-7-5-4-6-8-10/h4-9H,1-3H3/b11-9+. The van der Waals surface area contributed by atoms with Crippen LogP contribution in [0, 0.1) is 0 Å². The van der Waals surface area contributed by atoms with Crippen molar-refractivity contribution >= 4 is 6.08 Å². The van der Waals surface area contributed by atoms with Gasteiger partial charge in [0.2, 0.25) is 5.76 Å². The van der Waals surface area contributed by atoms with Crippen molar-refractivity contribution in [3.63, 3.8) is 0 Å². The molecule has 17 heavy (non-hydrogen) atoms. The number of hydrogen-bond donors (Lipinski definition) is 0. The van der Waals surface area contributed by atoms with E-state index in [1.807, 2.05) is 0 Å². The topological polar surface area (TPSA) is 9.23 Å². The lowest BCUT2D eigenvalue weighted by Gasteiger charge is -2.24. The molecule has 1 rings (SSSR count). The van der Waals surface area contributed by atoms with Crippen LogP contribution in [0.2, 0.25) is 0 Å². The van der Waals surface area contributed by atoms with Crippen LogP contribution in [0.3, 0.4) is 0 Å². The van der Waals surface area contributed by atoms with Crippen molar-refractivity contribution in [3.8, 4) is 0 Å². The SMILES string of the molecule is CC(C)(C)O/C(=C/c1ccccc1)C(F)(F)F. The van der Waals surface area contributed by atoms with Gasteiger partial charge in [-0.15, -0.1) is 0 Å². The molecule has 0 aromatic heterocycles. The Kier molecular flexibility index (Phi) is 3.86. The maximum Gasteiger partial charge on any atom is 0.448 e. The number of benzene rings is 1. The number of halogens is 3. The van der Waals surface area contributed by atoms with Gasteiger partial charge < -0.3 is 4.74 Å². The number of hydrogen-bond acceptors (Lipinski definition) is 1. The van der Waals surface area contributed by atoms with Crippen LogP contribution >= 0.6 is 0 Å². The van der Waals surface area contributed by atoms with Crippen LogP contribution in [0.5, 0.6) is 0 Å². The van der Waals surface area contributed by atoms with Crippen LogP contribution in [0.4, 0.5) is 13.2 Å².